The van der Waals surface area contributed by atoms with Gasteiger partial charge in [-0.2, -0.15) is 13.2 Å². The van der Waals surface area contributed by atoms with Gasteiger partial charge in [0.2, 0.25) is 11.8 Å². The molecule has 0 aromatic heterocycles. The maximum Gasteiger partial charge on any atom is 0.416 e. The van der Waals surface area contributed by atoms with Crippen LogP contribution in [-0.2, 0) is 15.8 Å². The van der Waals surface area contributed by atoms with Crippen molar-refractivity contribution in [3.05, 3.63) is 35.4 Å². The number of carbonyl (C=O) groups is 3. The third-order valence-corrected chi connectivity index (χ3v) is 6.76. The quantitative estimate of drug-likeness (QED) is 0.727. The van der Waals surface area contributed by atoms with Crippen LogP contribution in [0.2, 0.25) is 0 Å². The molecule has 9 heteroatoms. The standard InChI is InChI=1S/C22H26F3N3O3/c1-14-20(30)26(11-9-15-3-2-4-15)13-18-27(12-10-19(29)28(14)18)21(31)16-5-7-17(8-6-16)22(23,24)25/h5-8,14-15,18H,2-4,9-13H2,1H3. The molecule has 2 atom stereocenters. The number of benzene rings is 1. The van der Waals surface area contributed by atoms with Crippen LogP contribution in [0.3, 0.4) is 0 Å². The smallest absolute Gasteiger partial charge is 0.337 e. The Bertz CT molecular complexity index is 867. The minimum atomic E-state index is -4.48. The van der Waals surface area contributed by atoms with Gasteiger partial charge in [-0.05, 0) is 43.5 Å². The summed E-state index contributed by atoms with van der Waals surface area (Å²) < 4.78 is 38.5. The molecule has 0 bridgehead atoms. The van der Waals surface area contributed by atoms with E-state index >= 15 is 0 Å². The zero-order valence-electron chi connectivity index (χ0n) is 17.4. The zero-order valence-corrected chi connectivity index (χ0v) is 17.4. The number of hydrogen-bond acceptors (Lipinski definition) is 3. The van der Waals surface area contributed by atoms with Crippen molar-refractivity contribution in [2.24, 2.45) is 5.92 Å². The van der Waals surface area contributed by atoms with Gasteiger partial charge in [-0.25, -0.2) is 0 Å². The Labute approximate surface area is 179 Å². The molecule has 2 unspecified atom stereocenters. The second kappa shape index (κ2) is 8.16. The second-order valence-electron chi connectivity index (χ2n) is 8.65. The van der Waals surface area contributed by atoms with E-state index in [9.17, 15) is 27.6 Å². The minimum Gasteiger partial charge on any atom is -0.337 e. The minimum absolute atomic E-state index is 0.0859. The number of fused-ring (bicyclic) bond motifs is 1. The number of halogens is 3. The highest BCUT2D eigenvalue weighted by Gasteiger charge is 2.47. The molecule has 1 aliphatic carbocycles. The van der Waals surface area contributed by atoms with Crippen molar-refractivity contribution in [2.45, 2.75) is 57.4 Å². The van der Waals surface area contributed by atoms with Crippen LogP contribution in [0.4, 0.5) is 13.2 Å². The lowest BCUT2D eigenvalue weighted by molar-refractivity contribution is -0.166. The first-order chi connectivity index (χ1) is 14.7. The average molecular weight is 437 g/mol. The van der Waals surface area contributed by atoms with Crippen molar-refractivity contribution in [3.63, 3.8) is 0 Å². The normalized spacial score (nSPS) is 24.8. The third-order valence-electron chi connectivity index (χ3n) is 6.76. The molecule has 0 N–H and O–H groups in total. The Morgan fingerprint density at radius 2 is 1.81 bits per heavy atom. The van der Waals surface area contributed by atoms with E-state index in [4.69, 9.17) is 0 Å². The van der Waals surface area contributed by atoms with Crippen molar-refractivity contribution in [2.75, 3.05) is 19.6 Å². The van der Waals surface area contributed by atoms with Crippen LogP contribution in [0, 0.1) is 5.92 Å². The van der Waals surface area contributed by atoms with Crippen molar-refractivity contribution in [3.8, 4) is 0 Å². The molecule has 1 aromatic rings. The molecule has 168 valence electrons. The predicted octanol–water partition coefficient (Wildman–Crippen LogP) is 3.13. The summed E-state index contributed by atoms with van der Waals surface area (Å²) in [6, 6.07) is 3.43. The monoisotopic (exact) mass is 437 g/mol. The lowest BCUT2D eigenvalue weighted by Gasteiger charge is -2.51. The highest BCUT2D eigenvalue weighted by molar-refractivity contribution is 5.97. The van der Waals surface area contributed by atoms with E-state index < -0.39 is 29.9 Å². The first-order valence-corrected chi connectivity index (χ1v) is 10.7. The van der Waals surface area contributed by atoms with E-state index in [0.29, 0.717) is 12.5 Å². The van der Waals surface area contributed by atoms with Crippen molar-refractivity contribution < 1.29 is 27.6 Å². The molecule has 3 fully saturated rings. The molecule has 31 heavy (non-hydrogen) atoms. The summed E-state index contributed by atoms with van der Waals surface area (Å²) in [4.78, 5) is 43.3. The largest absolute Gasteiger partial charge is 0.416 e. The maximum absolute atomic E-state index is 13.1. The first kappa shape index (κ1) is 21.6. The molecule has 2 heterocycles. The molecule has 3 amide bonds. The van der Waals surface area contributed by atoms with Gasteiger partial charge < -0.3 is 14.7 Å². The summed E-state index contributed by atoms with van der Waals surface area (Å²) in [5.41, 5.74) is -0.688. The van der Waals surface area contributed by atoms with Crippen molar-refractivity contribution in [1.82, 2.24) is 14.7 Å². The maximum atomic E-state index is 13.1. The van der Waals surface area contributed by atoms with Crippen LogP contribution in [0.1, 0.15) is 54.9 Å². The third kappa shape index (κ3) is 4.14. The average Bonchev–Trinajstić information content (AvgIpc) is 2.69. The van der Waals surface area contributed by atoms with Crippen LogP contribution in [-0.4, -0.2) is 64.3 Å². The molecule has 1 saturated carbocycles. The van der Waals surface area contributed by atoms with E-state index in [1.165, 1.54) is 29.1 Å². The highest BCUT2D eigenvalue weighted by Crippen LogP contribution is 2.32. The number of nitrogens with zero attached hydrogens (tertiary/aromatic N) is 3. The van der Waals surface area contributed by atoms with Crippen LogP contribution >= 0.6 is 0 Å². The van der Waals surface area contributed by atoms with Crippen LogP contribution in [0.5, 0.6) is 0 Å². The van der Waals surface area contributed by atoms with Crippen molar-refractivity contribution >= 4 is 17.7 Å². The molecule has 3 aliphatic rings. The Kier molecular flexibility index (Phi) is 5.70. The number of carbonyl (C=O) groups excluding carboxylic acids is 3. The summed E-state index contributed by atoms with van der Waals surface area (Å²) in [5, 5.41) is 0. The van der Waals surface area contributed by atoms with Gasteiger partial charge in [0.05, 0.1) is 12.1 Å². The summed E-state index contributed by atoms with van der Waals surface area (Å²) >= 11 is 0. The fourth-order valence-corrected chi connectivity index (χ4v) is 4.67. The number of amides is 3. The fraction of sp³-hybridized carbons (Fsp3) is 0.591. The second-order valence-corrected chi connectivity index (χ2v) is 8.65. The lowest BCUT2D eigenvalue weighted by Crippen LogP contribution is -2.70. The van der Waals surface area contributed by atoms with Gasteiger partial charge in [0.25, 0.3) is 5.91 Å². The number of rotatable bonds is 4. The molecular weight excluding hydrogens is 411 g/mol. The Hall–Kier alpha value is -2.58. The number of alkyl halides is 3. The molecule has 2 saturated heterocycles. The summed E-state index contributed by atoms with van der Waals surface area (Å²) in [5.74, 6) is -0.107. The SMILES string of the molecule is CC1C(=O)N(CCC2CCC2)CC2N(C(=O)c3ccc(C(F)(F)F)cc3)CCC(=O)N12. The summed E-state index contributed by atoms with van der Waals surface area (Å²) in [6.07, 6.45) is -0.529. The molecule has 2 aliphatic heterocycles. The van der Waals surface area contributed by atoms with Gasteiger partial charge in [-0.1, -0.05) is 19.3 Å². The Morgan fingerprint density at radius 3 is 2.39 bits per heavy atom. The van der Waals surface area contributed by atoms with E-state index in [2.05, 4.69) is 0 Å². The van der Waals surface area contributed by atoms with E-state index in [0.717, 1.165) is 30.7 Å². The van der Waals surface area contributed by atoms with Gasteiger partial charge in [-0.15, -0.1) is 0 Å². The molecule has 0 radical (unpaired) electrons. The van der Waals surface area contributed by atoms with E-state index in [1.54, 1.807) is 11.8 Å². The summed E-state index contributed by atoms with van der Waals surface area (Å²) in [6.45, 7) is 2.68. The van der Waals surface area contributed by atoms with E-state index in [1.807, 2.05) is 0 Å². The topological polar surface area (TPSA) is 60.9 Å². The molecular formula is C22H26F3N3O3. The first-order valence-electron chi connectivity index (χ1n) is 10.7. The van der Waals surface area contributed by atoms with Gasteiger partial charge in [0, 0.05) is 25.1 Å². The van der Waals surface area contributed by atoms with Gasteiger partial charge in [0.1, 0.15) is 12.2 Å². The molecule has 4 rings (SSSR count). The highest BCUT2D eigenvalue weighted by atomic mass is 19.4. The number of hydrogen-bond donors (Lipinski definition) is 0. The fourth-order valence-electron chi connectivity index (χ4n) is 4.67. The zero-order chi connectivity index (χ0) is 22.3. The number of piperazine rings is 1. The van der Waals surface area contributed by atoms with Crippen molar-refractivity contribution in [1.29, 1.82) is 0 Å². The molecule has 1 aromatic carbocycles. The predicted molar refractivity (Wildman–Crippen MR) is 106 cm³/mol. The van der Waals surface area contributed by atoms with Gasteiger partial charge in [0.15, 0.2) is 0 Å². The Balaban J connectivity index is 1.54. The van der Waals surface area contributed by atoms with Gasteiger partial charge in [-0.3, -0.25) is 14.4 Å². The lowest BCUT2D eigenvalue weighted by atomic mass is 9.83. The van der Waals surface area contributed by atoms with E-state index in [-0.39, 0.29) is 36.9 Å². The van der Waals surface area contributed by atoms with Crippen LogP contribution < -0.4 is 0 Å². The van der Waals surface area contributed by atoms with Crippen LogP contribution in [0.15, 0.2) is 24.3 Å². The Morgan fingerprint density at radius 1 is 1.13 bits per heavy atom. The molecule has 0 spiro atoms. The van der Waals surface area contributed by atoms with Crippen LogP contribution in [0.25, 0.3) is 0 Å². The summed E-state index contributed by atoms with van der Waals surface area (Å²) in [7, 11) is 0. The van der Waals surface area contributed by atoms with Gasteiger partial charge >= 0.3 is 6.18 Å². The molecule has 6 nitrogen and oxygen atoms in total.